The molecule has 0 radical (unpaired) electrons. The molecule has 3 rings (SSSR count). The van der Waals surface area contributed by atoms with Crippen molar-refractivity contribution in [2.45, 2.75) is 0 Å². The Morgan fingerprint density at radius 2 is 2.25 bits per heavy atom. The predicted molar refractivity (Wildman–Crippen MR) is 34.9 cm³/mol. The third-order valence-corrected chi connectivity index (χ3v) is 2.81. The van der Waals surface area contributed by atoms with Crippen molar-refractivity contribution < 1.29 is 22.9 Å². The highest BCUT2D eigenvalue weighted by molar-refractivity contribution is 7.50. The Hall–Kier alpha value is -1.42. The molecule has 1 atom stereocenters. The third-order valence-electron chi connectivity index (χ3n) is 1.59. The molecule has 62 valence electrons. The number of phosphoric ester groups is 1. The summed E-state index contributed by atoms with van der Waals surface area (Å²) in [5.74, 6) is 0.351. The van der Waals surface area contributed by atoms with E-state index in [2.05, 4.69) is 4.52 Å². The van der Waals surface area contributed by atoms with E-state index in [9.17, 15) is 9.77 Å². The molecular weight excluding hydrogens is 185 g/mol. The lowest BCUT2D eigenvalue weighted by Gasteiger charge is -2.07. The van der Waals surface area contributed by atoms with E-state index in [-0.39, 0.29) is 11.6 Å². The van der Waals surface area contributed by atoms with Crippen LogP contribution in [0.4, 0.5) is 0 Å². The molecule has 6 nitrogen and oxygen atoms in total. The molecule has 0 saturated heterocycles. The molecule has 0 spiro atoms. The molecule has 0 N–H and O–H groups in total. The van der Waals surface area contributed by atoms with Crippen LogP contribution in [0.25, 0.3) is 0 Å². The number of phosphoric acid groups is 1. The normalized spacial score (nSPS) is 27.7. The van der Waals surface area contributed by atoms with Crippen LogP contribution in [0.1, 0.15) is 0 Å². The summed E-state index contributed by atoms with van der Waals surface area (Å²) in [4.78, 5) is 0. The van der Waals surface area contributed by atoms with Crippen LogP contribution in [0.3, 0.4) is 0 Å². The van der Waals surface area contributed by atoms with Crippen molar-refractivity contribution >= 4 is 7.82 Å². The highest BCUT2D eigenvalue weighted by atomic mass is 31.2. The first-order chi connectivity index (χ1) is 5.68. The molecule has 0 saturated carbocycles. The van der Waals surface area contributed by atoms with Crippen molar-refractivity contribution in [1.29, 1.82) is 0 Å². The average Bonchev–Trinajstić information content (AvgIpc) is 2.49. The van der Waals surface area contributed by atoms with Crippen LogP contribution >= 0.6 is 7.82 Å². The van der Waals surface area contributed by atoms with Gasteiger partial charge in [-0.15, -0.1) is 4.73 Å². The van der Waals surface area contributed by atoms with Crippen LogP contribution in [0.5, 0.6) is 17.4 Å². The molecule has 1 aromatic rings. The molecule has 2 aliphatic rings. The summed E-state index contributed by atoms with van der Waals surface area (Å²) in [6.07, 6.45) is 1.20. The Morgan fingerprint density at radius 1 is 1.42 bits per heavy atom. The number of pyridine rings is 1. The van der Waals surface area contributed by atoms with Crippen molar-refractivity contribution in [3.63, 3.8) is 0 Å². The van der Waals surface area contributed by atoms with Crippen molar-refractivity contribution in [2.75, 3.05) is 0 Å². The second-order valence-electron chi connectivity index (χ2n) is 2.36. The third kappa shape index (κ3) is 0.527. The summed E-state index contributed by atoms with van der Waals surface area (Å²) >= 11 is 0. The summed E-state index contributed by atoms with van der Waals surface area (Å²) in [5, 5.41) is 11.0. The van der Waals surface area contributed by atoms with Gasteiger partial charge >= 0.3 is 13.7 Å². The minimum Gasteiger partial charge on any atom is -0.616 e. The van der Waals surface area contributed by atoms with Gasteiger partial charge in [0.25, 0.3) is 5.75 Å². The van der Waals surface area contributed by atoms with Crippen molar-refractivity contribution in [3.8, 4) is 17.4 Å². The van der Waals surface area contributed by atoms with Gasteiger partial charge in [0, 0.05) is 0 Å². The molecule has 0 aliphatic carbocycles. The lowest BCUT2D eigenvalue weighted by atomic mass is 10.4. The van der Waals surface area contributed by atoms with Crippen LogP contribution in [0.2, 0.25) is 0 Å². The molecule has 0 amide bonds. The second kappa shape index (κ2) is 1.51. The molecule has 1 unspecified atom stereocenters. The maximum atomic E-state index is 11.3. The fourth-order valence-electron chi connectivity index (χ4n) is 1.12. The minimum absolute atomic E-state index is 0.0814. The fourth-order valence-corrected chi connectivity index (χ4v) is 2.38. The van der Waals surface area contributed by atoms with Gasteiger partial charge in [0.2, 0.25) is 0 Å². The SMILES string of the molecule is O=P12Oc3cc[n+]([O-])c(c3O1)O2. The van der Waals surface area contributed by atoms with Gasteiger partial charge in [-0.2, -0.15) is 4.57 Å². The molecule has 12 heavy (non-hydrogen) atoms. The maximum absolute atomic E-state index is 11.3. The molecule has 0 fully saturated rings. The molecule has 7 heteroatoms. The quantitative estimate of drug-likeness (QED) is 0.337. The fraction of sp³-hybridized carbons (Fsp3) is 0. The first-order valence-electron chi connectivity index (χ1n) is 3.13. The van der Waals surface area contributed by atoms with Gasteiger partial charge < -0.3 is 18.8 Å². The van der Waals surface area contributed by atoms with Crippen LogP contribution in [-0.4, -0.2) is 0 Å². The topological polar surface area (TPSA) is 71.7 Å². The Balaban J connectivity index is 2.40. The number of hydrogen-bond donors (Lipinski definition) is 0. The van der Waals surface area contributed by atoms with E-state index in [4.69, 9.17) is 9.05 Å². The van der Waals surface area contributed by atoms with Gasteiger partial charge in [-0.1, -0.05) is 0 Å². The van der Waals surface area contributed by atoms with Crippen molar-refractivity contribution in [1.82, 2.24) is 0 Å². The van der Waals surface area contributed by atoms with Crippen molar-refractivity contribution in [2.24, 2.45) is 0 Å². The second-order valence-corrected chi connectivity index (χ2v) is 3.80. The largest absolute Gasteiger partial charge is 0.652 e. The van der Waals surface area contributed by atoms with Gasteiger partial charge in [-0.25, -0.2) is 0 Å². The summed E-state index contributed by atoms with van der Waals surface area (Å²) < 4.78 is 25.9. The minimum atomic E-state index is -3.50. The van der Waals surface area contributed by atoms with Crippen LogP contribution < -0.4 is 18.3 Å². The van der Waals surface area contributed by atoms with E-state index in [0.29, 0.717) is 10.5 Å². The maximum Gasteiger partial charge on any atom is 0.652 e. The molecule has 1 aromatic heterocycles. The highest BCUT2D eigenvalue weighted by Crippen LogP contribution is 2.67. The summed E-state index contributed by atoms with van der Waals surface area (Å²) in [6, 6.07) is 1.38. The number of fused-ring (bicyclic) bond motifs is 1. The summed E-state index contributed by atoms with van der Waals surface area (Å²) in [6.45, 7) is 0. The van der Waals surface area contributed by atoms with Gasteiger partial charge in [-0.3, -0.25) is 0 Å². The lowest BCUT2D eigenvalue weighted by molar-refractivity contribution is -0.609. The Bertz CT molecular complexity index is 430. The molecule has 2 bridgehead atoms. The summed E-state index contributed by atoms with van der Waals surface area (Å²) in [7, 11) is -3.50. The van der Waals surface area contributed by atoms with Gasteiger partial charge in [0.15, 0.2) is 11.9 Å². The summed E-state index contributed by atoms with van der Waals surface area (Å²) in [5.41, 5.74) is 0. The standard InChI is InChI=1S/C5H2NO5P/c7-6-2-1-3-4-5(6)11-12(8,9-3)10-4/h1-2H. The Morgan fingerprint density at radius 3 is 2.92 bits per heavy atom. The number of rotatable bonds is 0. The Kier molecular flexibility index (Phi) is 0.774. The zero-order chi connectivity index (χ0) is 8.34. The van der Waals surface area contributed by atoms with E-state index in [1.807, 2.05) is 0 Å². The molecule has 3 heterocycles. The van der Waals surface area contributed by atoms with Crippen LogP contribution in [0, 0.1) is 5.21 Å². The smallest absolute Gasteiger partial charge is 0.616 e. The molecule has 0 aromatic carbocycles. The van der Waals surface area contributed by atoms with E-state index in [0.717, 1.165) is 0 Å². The first kappa shape index (κ1) is 6.14. The number of aromatic nitrogens is 1. The number of nitrogens with zero attached hydrogens (tertiary/aromatic N) is 1. The first-order valence-corrected chi connectivity index (χ1v) is 4.59. The van der Waals surface area contributed by atoms with E-state index < -0.39 is 7.82 Å². The van der Waals surface area contributed by atoms with Crippen molar-refractivity contribution in [3.05, 3.63) is 17.5 Å². The van der Waals surface area contributed by atoms with E-state index in [1.165, 1.54) is 12.3 Å². The van der Waals surface area contributed by atoms with Crippen LogP contribution in [-0.2, 0) is 4.57 Å². The van der Waals surface area contributed by atoms with E-state index >= 15 is 0 Å². The molecule has 2 aliphatic heterocycles. The van der Waals surface area contributed by atoms with Crippen LogP contribution in [0.15, 0.2) is 12.3 Å². The van der Waals surface area contributed by atoms with Gasteiger partial charge in [0.05, 0.1) is 6.07 Å². The average molecular weight is 187 g/mol. The predicted octanol–water partition coefficient (Wildman–Crippen LogP) is 0.592. The molecular formula is C5H2NO5P. The lowest BCUT2D eigenvalue weighted by Crippen LogP contribution is -2.27. The van der Waals surface area contributed by atoms with Gasteiger partial charge in [-0.05, 0) is 0 Å². The van der Waals surface area contributed by atoms with Gasteiger partial charge in [0.1, 0.15) is 0 Å². The number of hydrogen-bond acceptors (Lipinski definition) is 5. The van der Waals surface area contributed by atoms with E-state index in [1.54, 1.807) is 0 Å². The monoisotopic (exact) mass is 187 g/mol. The zero-order valence-electron chi connectivity index (χ0n) is 5.59. The Labute approximate surface area is 66.5 Å². The highest BCUT2D eigenvalue weighted by Gasteiger charge is 2.54. The zero-order valence-corrected chi connectivity index (χ0v) is 6.48.